The lowest BCUT2D eigenvalue weighted by atomic mass is 10.0. The van der Waals surface area contributed by atoms with Gasteiger partial charge in [-0.25, -0.2) is 0 Å². The first-order valence-electron chi connectivity index (χ1n) is 10.0. The lowest BCUT2D eigenvalue weighted by molar-refractivity contribution is 0.267. The molecule has 0 amide bonds. The highest BCUT2D eigenvalue weighted by Gasteiger charge is 2.18. The molecular formula is C24H22Cl2N2O4. The average molecular weight is 473 g/mol. The van der Waals surface area contributed by atoms with Gasteiger partial charge in [0.2, 0.25) is 5.82 Å². The summed E-state index contributed by atoms with van der Waals surface area (Å²) in [5.41, 5.74) is 2.63. The molecule has 0 fully saturated rings. The van der Waals surface area contributed by atoms with Gasteiger partial charge in [-0.05, 0) is 66.4 Å². The molecule has 2 aromatic carbocycles. The van der Waals surface area contributed by atoms with Crippen LogP contribution in [0.1, 0.15) is 36.7 Å². The number of nitrogens with zero attached hydrogens (tertiary/aromatic N) is 2. The Labute approximate surface area is 196 Å². The van der Waals surface area contributed by atoms with Crippen LogP contribution in [0.4, 0.5) is 0 Å². The van der Waals surface area contributed by atoms with Crippen LogP contribution >= 0.6 is 23.2 Å². The van der Waals surface area contributed by atoms with Crippen molar-refractivity contribution in [2.75, 3.05) is 7.11 Å². The van der Waals surface area contributed by atoms with Crippen molar-refractivity contribution in [3.05, 3.63) is 69.4 Å². The van der Waals surface area contributed by atoms with E-state index < -0.39 is 0 Å². The van der Waals surface area contributed by atoms with Crippen LogP contribution < -0.4 is 9.47 Å². The second-order valence-electron chi connectivity index (χ2n) is 7.62. The number of hydrogen-bond acceptors (Lipinski definition) is 6. The average Bonchev–Trinajstić information content (AvgIpc) is 3.43. The Hall–Kier alpha value is -2.96. The molecule has 2 aromatic heterocycles. The minimum Gasteiger partial charge on any atom is -0.496 e. The van der Waals surface area contributed by atoms with Crippen molar-refractivity contribution in [1.29, 1.82) is 0 Å². The maximum absolute atomic E-state index is 6.28. The van der Waals surface area contributed by atoms with E-state index >= 15 is 0 Å². The molecule has 0 saturated carbocycles. The van der Waals surface area contributed by atoms with Gasteiger partial charge in [-0.3, -0.25) is 0 Å². The normalized spacial score (nSPS) is 11.2. The number of furan rings is 1. The molecule has 0 aliphatic carbocycles. The van der Waals surface area contributed by atoms with Crippen molar-refractivity contribution in [2.24, 2.45) is 0 Å². The molecule has 0 radical (unpaired) electrons. The minimum atomic E-state index is 0.249. The SMILES string of the molecule is COc1ccc(Cl)cc1-c1noc(-c2ccc(COc3cc(C)c(Cl)cc3C(C)C)o2)n1. The highest BCUT2D eigenvalue weighted by Crippen LogP contribution is 2.34. The van der Waals surface area contributed by atoms with Gasteiger partial charge in [-0.15, -0.1) is 0 Å². The topological polar surface area (TPSA) is 70.5 Å². The quantitative estimate of drug-likeness (QED) is 0.280. The number of aryl methyl sites for hydroxylation is 1. The van der Waals surface area contributed by atoms with E-state index in [2.05, 4.69) is 24.0 Å². The third-order valence-electron chi connectivity index (χ3n) is 4.98. The third kappa shape index (κ3) is 4.61. The third-order valence-corrected chi connectivity index (χ3v) is 5.63. The number of halogens is 2. The van der Waals surface area contributed by atoms with E-state index in [1.54, 1.807) is 31.4 Å². The van der Waals surface area contributed by atoms with Gasteiger partial charge in [0.25, 0.3) is 5.89 Å². The zero-order chi connectivity index (χ0) is 22.8. The van der Waals surface area contributed by atoms with Gasteiger partial charge in [0.15, 0.2) is 5.76 Å². The Morgan fingerprint density at radius 1 is 1.03 bits per heavy atom. The fourth-order valence-electron chi connectivity index (χ4n) is 3.25. The molecule has 8 heteroatoms. The van der Waals surface area contributed by atoms with Crippen LogP contribution in [-0.2, 0) is 6.61 Å². The van der Waals surface area contributed by atoms with Gasteiger partial charge in [0.05, 0.1) is 12.7 Å². The summed E-state index contributed by atoms with van der Waals surface area (Å²) >= 11 is 12.4. The molecule has 0 unspecified atom stereocenters. The van der Waals surface area contributed by atoms with Crippen molar-refractivity contribution in [1.82, 2.24) is 10.1 Å². The highest BCUT2D eigenvalue weighted by atomic mass is 35.5. The molecule has 166 valence electrons. The van der Waals surface area contributed by atoms with Crippen LogP contribution in [0.15, 0.2) is 51.4 Å². The maximum Gasteiger partial charge on any atom is 0.293 e. The number of methoxy groups -OCH3 is 1. The molecule has 0 aliphatic heterocycles. The van der Waals surface area contributed by atoms with Crippen LogP contribution in [-0.4, -0.2) is 17.3 Å². The van der Waals surface area contributed by atoms with E-state index in [0.717, 1.165) is 21.9 Å². The molecule has 4 rings (SSSR count). The van der Waals surface area contributed by atoms with Gasteiger partial charge >= 0.3 is 0 Å². The Kier molecular flexibility index (Phi) is 6.44. The van der Waals surface area contributed by atoms with E-state index in [9.17, 15) is 0 Å². The molecule has 4 aromatic rings. The number of ether oxygens (including phenoxy) is 2. The molecule has 6 nitrogen and oxygen atoms in total. The summed E-state index contributed by atoms with van der Waals surface area (Å²) in [7, 11) is 1.57. The lowest BCUT2D eigenvalue weighted by Gasteiger charge is -2.15. The number of rotatable bonds is 7. The fourth-order valence-corrected chi connectivity index (χ4v) is 3.60. The minimum absolute atomic E-state index is 0.249. The fraction of sp³-hybridized carbons (Fsp3) is 0.250. The van der Waals surface area contributed by atoms with Crippen LogP contribution in [0, 0.1) is 6.92 Å². The Balaban J connectivity index is 1.53. The summed E-state index contributed by atoms with van der Waals surface area (Å²) in [6.45, 7) is 6.40. The van der Waals surface area contributed by atoms with Crippen LogP contribution in [0.3, 0.4) is 0 Å². The zero-order valence-corrected chi connectivity index (χ0v) is 19.6. The molecule has 0 spiro atoms. The van der Waals surface area contributed by atoms with Gasteiger partial charge < -0.3 is 18.4 Å². The van der Waals surface area contributed by atoms with E-state index in [-0.39, 0.29) is 18.4 Å². The van der Waals surface area contributed by atoms with Crippen molar-refractivity contribution >= 4 is 23.2 Å². The summed E-state index contributed by atoms with van der Waals surface area (Å²) < 4.78 is 22.7. The summed E-state index contributed by atoms with van der Waals surface area (Å²) in [5, 5.41) is 5.31. The van der Waals surface area contributed by atoms with Crippen molar-refractivity contribution < 1.29 is 18.4 Å². The van der Waals surface area contributed by atoms with E-state index in [0.29, 0.717) is 33.7 Å². The molecule has 0 N–H and O–H groups in total. The largest absolute Gasteiger partial charge is 0.496 e. The van der Waals surface area contributed by atoms with Gasteiger partial charge in [0, 0.05) is 10.0 Å². The first-order valence-corrected chi connectivity index (χ1v) is 10.8. The van der Waals surface area contributed by atoms with E-state index in [4.69, 9.17) is 41.6 Å². The Bertz CT molecular complexity index is 1250. The second-order valence-corrected chi connectivity index (χ2v) is 8.46. The summed E-state index contributed by atoms with van der Waals surface area (Å²) in [5.74, 6) is 3.32. The predicted octanol–water partition coefficient (Wildman–Crippen LogP) is 7.32. The number of hydrogen-bond donors (Lipinski definition) is 0. The molecular weight excluding hydrogens is 451 g/mol. The number of aromatic nitrogens is 2. The van der Waals surface area contributed by atoms with Crippen molar-refractivity contribution in [2.45, 2.75) is 33.3 Å². The summed E-state index contributed by atoms with van der Waals surface area (Å²) in [4.78, 5) is 4.43. The highest BCUT2D eigenvalue weighted by molar-refractivity contribution is 6.31. The predicted molar refractivity (Wildman–Crippen MR) is 124 cm³/mol. The maximum atomic E-state index is 6.28. The molecule has 32 heavy (non-hydrogen) atoms. The molecule has 0 atom stereocenters. The summed E-state index contributed by atoms with van der Waals surface area (Å²) in [6.07, 6.45) is 0. The lowest BCUT2D eigenvalue weighted by Crippen LogP contribution is -2.00. The van der Waals surface area contributed by atoms with E-state index in [1.807, 2.05) is 25.1 Å². The van der Waals surface area contributed by atoms with E-state index in [1.165, 1.54) is 0 Å². The Morgan fingerprint density at radius 3 is 2.59 bits per heavy atom. The standard InChI is InChI=1S/C24H22Cl2N2O4/c1-13(2)17-11-19(26)14(3)9-22(17)30-12-16-6-8-21(31-16)24-27-23(28-32-24)18-10-15(25)5-7-20(18)29-4/h5-11,13H,12H2,1-4H3. The van der Waals surface area contributed by atoms with Crippen molar-refractivity contribution in [3.8, 4) is 34.5 Å². The monoisotopic (exact) mass is 472 g/mol. The first kappa shape index (κ1) is 22.2. The van der Waals surface area contributed by atoms with Crippen LogP contribution in [0.2, 0.25) is 10.0 Å². The molecule has 0 bridgehead atoms. The Morgan fingerprint density at radius 2 is 1.84 bits per heavy atom. The molecule has 0 saturated heterocycles. The van der Waals surface area contributed by atoms with Gasteiger partial charge in [-0.2, -0.15) is 4.98 Å². The van der Waals surface area contributed by atoms with Crippen molar-refractivity contribution in [3.63, 3.8) is 0 Å². The van der Waals surface area contributed by atoms with Crippen LogP contribution in [0.25, 0.3) is 23.0 Å². The van der Waals surface area contributed by atoms with Gasteiger partial charge in [0.1, 0.15) is 23.9 Å². The van der Waals surface area contributed by atoms with Gasteiger partial charge in [-0.1, -0.05) is 42.2 Å². The summed E-state index contributed by atoms with van der Waals surface area (Å²) in [6, 6.07) is 12.7. The smallest absolute Gasteiger partial charge is 0.293 e. The van der Waals surface area contributed by atoms with Crippen LogP contribution in [0.5, 0.6) is 11.5 Å². The second kappa shape index (κ2) is 9.27. The molecule has 0 aliphatic rings. The number of benzene rings is 2. The zero-order valence-electron chi connectivity index (χ0n) is 18.1. The first-order chi connectivity index (χ1) is 15.4. The molecule has 2 heterocycles.